The van der Waals surface area contributed by atoms with Crippen LogP contribution < -0.4 is 9.47 Å². The van der Waals surface area contributed by atoms with Crippen LogP contribution in [0.1, 0.15) is 109 Å². The van der Waals surface area contributed by atoms with E-state index in [2.05, 4.69) is 13.8 Å². The first-order valence-corrected chi connectivity index (χ1v) is 12.1. The summed E-state index contributed by atoms with van der Waals surface area (Å²) in [5, 5.41) is 11.0. The Bertz CT molecular complexity index is 711. The summed E-state index contributed by atoms with van der Waals surface area (Å²) in [6.07, 6.45) is 9.87. The number of unbranched alkanes of at least 4 members (excludes halogenated alkanes) is 2. The predicted molar refractivity (Wildman–Crippen MR) is 120 cm³/mol. The molecule has 4 heteroatoms. The van der Waals surface area contributed by atoms with Gasteiger partial charge in [0, 0.05) is 11.5 Å². The first-order valence-electron chi connectivity index (χ1n) is 12.1. The minimum Gasteiger partial charge on any atom is -0.493 e. The Balaban J connectivity index is 1.94. The van der Waals surface area contributed by atoms with Crippen molar-refractivity contribution in [2.24, 2.45) is 17.8 Å². The van der Waals surface area contributed by atoms with Gasteiger partial charge in [-0.3, -0.25) is 4.79 Å². The highest BCUT2D eigenvalue weighted by Crippen LogP contribution is 2.49. The van der Waals surface area contributed by atoms with Crippen LogP contribution >= 0.6 is 0 Å². The van der Waals surface area contributed by atoms with Crippen molar-refractivity contribution in [3.8, 4) is 11.5 Å². The Morgan fingerprint density at radius 2 is 1.93 bits per heavy atom. The van der Waals surface area contributed by atoms with Crippen LogP contribution in [0.2, 0.25) is 0 Å². The summed E-state index contributed by atoms with van der Waals surface area (Å²) >= 11 is 0. The average Bonchev–Trinajstić information content (AvgIpc) is 2.98. The quantitative estimate of drug-likeness (QED) is 0.296. The highest BCUT2D eigenvalue weighted by atomic mass is 16.5. The molecule has 1 heterocycles. The van der Waals surface area contributed by atoms with Crippen molar-refractivity contribution in [2.75, 3.05) is 6.61 Å². The van der Waals surface area contributed by atoms with Gasteiger partial charge >= 0.3 is 5.97 Å². The Morgan fingerprint density at radius 1 is 1.17 bits per heavy atom. The smallest absolute Gasteiger partial charge is 0.313 e. The molecule has 0 radical (unpaired) electrons. The summed E-state index contributed by atoms with van der Waals surface area (Å²) in [6, 6.07) is 3.92. The number of fused-ring (bicyclic) bond motifs is 3. The number of carbonyl (C=O) groups excluding carboxylic acids is 1. The number of hydrogen-bond donors (Lipinski definition) is 1. The number of aliphatic hydroxyl groups is 1. The number of hydrogen-bond acceptors (Lipinski definition) is 4. The lowest BCUT2D eigenvalue weighted by Crippen LogP contribution is -2.27. The van der Waals surface area contributed by atoms with Gasteiger partial charge < -0.3 is 14.6 Å². The molecule has 1 saturated carbocycles. The lowest BCUT2D eigenvalue weighted by molar-refractivity contribution is -0.137. The highest BCUT2D eigenvalue weighted by Gasteiger charge is 2.36. The Labute approximate surface area is 182 Å². The van der Waals surface area contributed by atoms with Gasteiger partial charge in [0.1, 0.15) is 11.5 Å². The highest BCUT2D eigenvalue weighted by molar-refractivity contribution is 5.75. The number of benzene rings is 1. The molecule has 0 bridgehead atoms. The summed E-state index contributed by atoms with van der Waals surface area (Å²) in [5.74, 6) is 2.00. The Hall–Kier alpha value is -1.55. The van der Waals surface area contributed by atoms with Gasteiger partial charge in [0.15, 0.2) is 0 Å². The first-order chi connectivity index (χ1) is 14.4. The van der Waals surface area contributed by atoms with Crippen molar-refractivity contribution in [1.82, 2.24) is 0 Å². The maximum Gasteiger partial charge on any atom is 0.313 e. The van der Waals surface area contributed by atoms with E-state index in [9.17, 15) is 9.90 Å². The molecular weight excluding hydrogens is 376 g/mol. The van der Waals surface area contributed by atoms with E-state index in [0.29, 0.717) is 17.6 Å². The Kier molecular flexibility index (Phi) is 8.21. The standard InChI is InChI=1S/C26H40O4/c1-5-6-8-11-18(4)25(27)20-14-22-24(23(15-20)30-26(28)17(2)3)21-13-10-7-9-12-19(21)16-29-22/h14-15,17-19,21,25,27H,5-13,16H2,1-4H3/t18?,19-,21+,25?/m0/s1. The maximum atomic E-state index is 12.5. The van der Waals surface area contributed by atoms with Crippen LogP contribution in [-0.2, 0) is 4.79 Å². The number of ether oxygens (including phenoxy) is 2. The van der Waals surface area contributed by atoms with Crippen LogP contribution in [0.25, 0.3) is 0 Å². The van der Waals surface area contributed by atoms with Gasteiger partial charge in [-0.05, 0) is 48.8 Å². The van der Waals surface area contributed by atoms with Gasteiger partial charge in [-0.15, -0.1) is 0 Å². The fourth-order valence-corrected chi connectivity index (χ4v) is 4.95. The van der Waals surface area contributed by atoms with Gasteiger partial charge in [-0.1, -0.05) is 66.2 Å². The van der Waals surface area contributed by atoms with Gasteiger partial charge in [-0.25, -0.2) is 0 Å². The van der Waals surface area contributed by atoms with E-state index in [1.165, 1.54) is 38.5 Å². The van der Waals surface area contributed by atoms with Crippen molar-refractivity contribution in [2.45, 2.75) is 97.5 Å². The molecule has 168 valence electrons. The van der Waals surface area contributed by atoms with E-state index in [0.717, 1.165) is 42.7 Å². The molecule has 1 fully saturated rings. The number of rotatable bonds is 8. The van der Waals surface area contributed by atoms with E-state index in [1.54, 1.807) is 0 Å². The minimum absolute atomic E-state index is 0.150. The van der Waals surface area contributed by atoms with Crippen molar-refractivity contribution in [3.63, 3.8) is 0 Å². The SMILES string of the molecule is CCCCCC(C)C(O)c1cc2c(c(OC(=O)C(C)C)c1)[C@@H]1CCCCC[C@H]1CO2. The van der Waals surface area contributed by atoms with Crippen LogP contribution in [0.3, 0.4) is 0 Å². The fraction of sp³-hybridized carbons (Fsp3) is 0.731. The summed E-state index contributed by atoms with van der Waals surface area (Å²) in [5.41, 5.74) is 1.85. The average molecular weight is 417 g/mol. The number of aliphatic hydroxyl groups excluding tert-OH is 1. The second-order valence-corrected chi connectivity index (χ2v) is 9.74. The van der Waals surface area contributed by atoms with E-state index < -0.39 is 6.10 Å². The molecule has 4 nitrogen and oxygen atoms in total. The summed E-state index contributed by atoms with van der Waals surface area (Å²) < 4.78 is 12.1. The zero-order valence-corrected chi connectivity index (χ0v) is 19.3. The number of esters is 1. The lowest BCUT2D eigenvalue weighted by atomic mass is 9.79. The third-order valence-corrected chi connectivity index (χ3v) is 6.93. The molecule has 1 aliphatic carbocycles. The van der Waals surface area contributed by atoms with Crippen LogP contribution in [0, 0.1) is 17.8 Å². The number of carbonyl (C=O) groups is 1. The van der Waals surface area contributed by atoms with Crippen LogP contribution in [0.4, 0.5) is 0 Å². The molecule has 0 amide bonds. The van der Waals surface area contributed by atoms with Crippen molar-refractivity contribution in [1.29, 1.82) is 0 Å². The van der Waals surface area contributed by atoms with Gasteiger partial charge in [0.25, 0.3) is 0 Å². The van der Waals surface area contributed by atoms with Crippen LogP contribution in [0.15, 0.2) is 12.1 Å². The van der Waals surface area contributed by atoms with E-state index in [1.807, 2.05) is 26.0 Å². The molecule has 0 spiro atoms. The predicted octanol–water partition coefficient (Wildman–Crippen LogP) is 6.55. The second-order valence-electron chi connectivity index (χ2n) is 9.74. The van der Waals surface area contributed by atoms with Crippen molar-refractivity contribution >= 4 is 5.97 Å². The second kappa shape index (κ2) is 10.7. The first kappa shape index (κ1) is 23.1. The zero-order chi connectivity index (χ0) is 21.7. The molecule has 30 heavy (non-hydrogen) atoms. The Morgan fingerprint density at radius 3 is 2.67 bits per heavy atom. The monoisotopic (exact) mass is 416 g/mol. The summed E-state index contributed by atoms with van der Waals surface area (Å²) in [7, 11) is 0. The lowest BCUT2D eigenvalue weighted by Gasteiger charge is -2.34. The third-order valence-electron chi connectivity index (χ3n) is 6.93. The van der Waals surface area contributed by atoms with Gasteiger partial charge in [-0.2, -0.15) is 0 Å². The molecule has 4 atom stereocenters. The third kappa shape index (κ3) is 5.38. The summed E-state index contributed by atoms with van der Waals surface area (Å²) in [4.78, 5) is 12.5. The van der Waals surface area contributed by atoms with E-state index in [-0.39, 0.29) is 17.8 Å². The minimum atomic E-state index is -0.584. The topological polar surface area (TPSA) is 55.8 Å². The molecule has 2 unspecified atom stereocenters. The normalized spacial score (nSPS) is 23.0. The van der Waals surface area contributed by atoms with E-state index >= 15 is 0 Å². The maximum absolute atomic E-state index is 12.5. The molecule has 1 aliphatic heterocycles. The largest absolute Gasteiger partial charge is 0.493 e. The van der Waals surface area contributed by atoms with Gasteiger partial charge in [0.2, 0.25) is 0 Å². The van der Waals surface area contributed by atoms with Gasteiger partial charge in [0.05, 0.1) is 18.6 Å². The molecule has 1 aromatic rings. The van der Waals surface area contributed by atoms with Crippen molar-refractivity contribution < 1.29 is 19.4 Å². The van der Waals surface area contributed by atoms with Crippen LogP contribution in [-0.4, -0.2) is 17.7 Å². The molecule has 1 aromatic carbocycles. The molecule has 3 rings (SSSR count). The van der Waals surface area contributed by atoms with Crippen LogP contribution in [0.5, 0.6) is 11.5 Å². The molecular formula is C26H40O4. The summed E-state index contributed by atoms with van der Waals surface area (Å²) in [6.45, 7) is 8.73. The zero-order valence-electron chi connectivity index (χ0n) is 19.3. The fourth-order valence-electron chi connectivity index (χ4n) is 4.95. The van der Waals surface area contributed by atoms with Crippen molar-refractivity contribution in [3.05, 3.63) is 23.3 Å². The molecule has 2 aliphatic rings. The van der Waals surface area contributed by atoms with E-state index in [4.69, 9.17) is 9.47 Å². The molecule has 0 aromatic heterocycles. The molecule has 0 saturated heterocycles. The molecule has 1 N–H and O–H groups in total.